The molecule has 0 heterocycles. The van der Waals surface area contributed by atoms with Crippen LogP contribution in [0.2, 0.25) is 0 Å². The van der Waals surface area contributed by atoms with Crippen molar-refractivity contribution in [1.82, 2.24) is 0 Å². The van der Waals surface area contributed by atoms with E-state index in [1.54, 1.807) is 0 Å². The lowest BCUT2D eigenvalue weighted by molar-refractivity contribution is -0.105. The molecule has 1 aromatic carbocycles. The van der Waals surface area contributed by atoms with Gasteiger partial charge < -0.3 is 5.32 Å². The minimum atomic E-state index is 0.418. The van der Waals surface area contributed by atoms with E-state index in [-0.39, 0.29) is 0 Å². The van der Waals surface area contributed by atoms with Crippen molar-refractivity contribution >= 4 is 12.1 Å². The minimum absolute atomic E-state index is 0.418. The summed E-state index contributed by atoms with van der Waals surface area (Å²) < 4.78 is 0. The molecule has 0 aromatic heterocycles. The normalized spacial score (nSPS) is 38.0. The molecule has 0 aliphatic heterocycles. The van der Waals surface area contributed by atoms with Gasteiger partial charge in [-0.15, -0.1) is 0 Å². The highest BCUT2D eigenvalue weighted by Crippen LogP contribution is 2.60. The Kier molecular flexibility index (Phi) is 2.70. The van der Waals surface area contributed by atoms with E-state index < -0.39 is 0 Å². The summed E-state index contributed by atoms with van der Waals surface area (Å²) in [5, 5.41) is 2.87. The van der Waals surface area contributed by atoms with E-state index in [0.29, 0.717) is 5.41 Å². The average Bonchev–Trinajstić information content (AvgIpc) is 2.40. The van der Waals surface area contributed by atoms with Crippen LogP contribution in [-0.2, 0) is 10.2 Å². The van der Waals surface area contributed by atoms with E-state index in [4.69, 9.17) is 0 Å². The predicted molar refractivity (Wildman–Crippen MR) is 80.7 cm³/mol. The van der Waals surface area contributed by atoms with Crippen LogP contribution >= 0.6 is 0 Å². The van der Waals surface area contributed by atoms with Crippen LogP contribution in [0.3, 0.4) is 0 Å². The Bertz CT molecular complexity index is 513. The molecular formula is C18H23NO. The van der Waals surface area contributed by atoms with Crippen LogP contribution in [0.4, 0.5) is 5.69 Å². The minimum Gasteiger partial charge on any atom is -0.328 e. The van der Waals surface area contributed by atoms with Crippen LogP contribution in [0.15, 0.2) is 18.2 Å². The van der Waals surface area contributed by atoms with Crippen LogP contribution in [0, 0.1) is 24.7 Å². The van der Waals surface area contributed by atoms with E-state index in [1.807, 2.05) is 0 Å². The van der Waals surface area contributed by atoms with Gasteiger partial charge in [-0.05, 0) is 85.8 Å². The van der Waals surface area contributed by atoms with Gasteiger partial charge in [-0.2, -0.15) is 0 Å². The van der Waals surface area contributed by atoms with E-state index in [2.05, 4.69) is 30.4 Å². The molecule has 0 unspecified atom stereocenters. The standard InChI is InChI=1S/C18H23NO/c1-12-2-3-16(7-17(12)19-11-20)18-8-13-4-14(9-18)6-15(5-13)10-18/h2-3,7,11,13-15H,4-6,8-10H2,1H3,(H,19,20). The van der Waals surface area contributed by atoms with Gasteiger partial charge in [0, 0.05) is 5.69 Å². The summed E-state index contributed by atoms with van der Waals surface area (Å²) in [4.78, 5) is 10.8. The Hall–Kier alpha value is -1.31. The van der Waals surface area contributed by atoms with Crippen molar-refractivity contribution in [2.45, 2.75) is 50.9 Å². The average molecular weight is 269 g/mol. The third-order valence-electron chi connectivity index (χ3n) is 6.10. The Morgan fingerprint density at radius 1 is 1.10 bits per heavy atom. The van der Waals surface area contributed by atoms with Crippen LogP contribution in [0.5, 0.6) is 0 Å². The maximum absolute atomic E-state index is 10.8. The molecule has 1 aromatic rings. The van der Waals surface area contributed by atoms with Crippen molar-refractivity contribution in [3.8, 4) is 0 Å². The maximum atomic E-state index is 10.8. The lowest BCUT2D eigenvalue weighted by Crippen LogP contribution is -2.48. The van der Waals surface area contributed by atoms with Crippen molar-refractivity contribution in [3.63, 3.8) is 0 Å². The first-order valence-electron chi connectivity index (χ1n) is 8.00. The lowest BCUT2D eigenvalue weighted by Gasteiger charge is -2.57. The molecule has 20 heavy (non-hydrogen) atoms. The number of nitrogens with one attached hydrogen (secondary N) is 1. The fraction of sp³-hybridized carbons (Fsp3) is 0.611. The number of rotatable bonds is 3. The van der Waals surface area contributed by atoms with Crippen molar-refractivity contribution in [2.75, 3.05) is 5.32 Å². The van der Waals surface area contributed by atoms with E-state index in [9.17, 15) is 4.79 Å². The SMILES string of the molecule is Cc1ccc(C23CC4CC(CC(C4)C2)C3)cc1NC=O. The molecule has 0 spiro atoms. The Labute approximate surface area is 121 Å². The van der Waals surface area contributed by atoms with Gasteiger partial charge in [0.25, 0.3) is 0 Å². The summed E-state index contributed by atoms with van der Waals surface area (Å²) in [5.41, 5.74) is 4.05. The van der Waals surface area contributed by atoms with Crippen LogP contribution in [0.25, 0.3) is 0 Å². The van der Waals surface area contributed by atoms with Gasteiger partial charge in [-0.25, -0.2) is 0 Å². The van der Waals surface area contributed by atoms with Gasteiger partial charge in [-0.3, -0.25) is 4.79 Å². The molecule has 1 amide bonds. The molecule has 4 aliphatic carbocycles. The third kappa shape index (κ3) is 1.81. The maximum Gasteiger partial charge on any atom is 0.211 e. The summed E-state index contributed by atoms with van der Waals surface area (Å²) in [6.07, 6.45) is 9.36. The summed E-state index contributed by atoms with van der Waals surface area (Å²) in [5.74, 6) is 2.89. The van der Waals surface area contributed by atoms with Gasteiger partial charge in [0.05, 0.1) is 0 Å². The van der Waals surface area contributed by atoms with Gasteiger partial charge in [0.1, 0.15) is 0 Å². The highest BCUT2D eigenvalue weighted by Gasteiger charge is 2.51. The molecule has 4 fully saturated rings. The molecule has 0 radical (unpaired) electrons. The molecule has 5 rings (SSSR count). The number of carbonyl (C=O) groups excluding carboxylic acids is 1. The fourth-order valence-corrected chi connectivity index (χ4v) is 5.64. The van der Waals surface area contributed by atoms with Gasteiger partial charge in [-0.1, -0.05) is 12.1 Å². The first-order chi connectivity index (χ1) is 9.68. The predicted octanol–water partition coefficient (Wildman–Crippen LogP) is 4.03. The molecular weight excluding hydrogens is 246 g/mol. The zero-order valence-corrected chi connectivity index (χ0v) is 12.2. The molecule has 0 atom stereocenters. The fourth-order valence-electron chi connectivity index (χ4n) is 5.64. The number of anilines is 1. The van der Waals surface area contributed by atoms with E-state index in [1.165, 1.54) is 44.1 Å². The molecule has 4 bridgehead atoms. The van der Waals surface area contributed by atoms with Crippen molar-refractivity contribution in [2.24, 2.45) is 17.8 Å². The summed E-state index contributed by atoms with van der Waals surface area (Å²) in [6, 6.07) is 6.75. The summed E-state index contributed by atoms with van der Waals surface area (Å²) in [6.45, 7) is 2.06. The Morgan fingerprint density at radius 3 is 2.25 bits per heavy atom. The molecule has 4 saturated carbocycles. The summed E-state index contributed by atoms with van der Waals surface area (Å²) in [7, 11) is 0. The van der Waals surface area contributed by atoms with Crippen LogP contribution in [-0.4, -0.2) is 6.41 Å². The second kappa shape index (κ2) is 4.34. The first-order valence-corrected chi connectivity index (χ1v) is 8.00. The van der Waals surface area contributed by atoms with E-state index >= 15 is 0 Å². The number of hydrogen-bond acceptors (Lipinski definition) is 1. The molecule has 4 aliphatic rings. The molecule has 0 saturated heterocycles. The largest absolute Gasteiger partial charge is 0.328 e. The molecule has 2 nitrogen and oxygen atoms in total. The Balaban J connectivity index is 1.73. The topological polar surface area (TPSA) is 29.1 Å². The molecule has 2 heteroatoms. The van der Waals surface area contributed by atoms with Crippen molar-refractivity contribution < 1.29 is 4.79 Å². The number of benzene rings is 1. The van der Waals surface area contributed by atoms with Gasteiger partial charge in [0.2, 0.25) is 6.41 Å². The number of hydrogen-bond donors (Lipinski definition) is 1. The summed E-state index contributed by atoms with van der Waals surface area (Å²) >= 11 is 0. The van der Waals surface area contributed by atoms with Crippen molar-refractivity contribution in [1.29, 1.82) is 0 Å². The van der Waals surface area contributed by atoms with Crippen LogP contribution < -0.4 is 5.32 Å². The second-order valence-electron chi connectivity index (χ2n) is 7.49. The second-order valence-corrected chi connectivity index (χ2v) is 7.49. The van der Waals surface area contributed by atoms with Gasteiger partial charge >= 0.3 is 0 Å². The third-order valence-corrected chi connectivity index (χ3v) is 6.10. The number of amides is 1. The van der Waals surface area contributed by atoms with E-state index in [0.717, 1.165) is 35.4 Å². The Morgan fingerprint density at radius 2 is 1.70 bits per heavy atom. The quantitative estimate of drug-likeness (QED) is 0.825. The first kappa shape index (κ1) is 12.4. The zero-order chi connectivity index (χ0) is 13.7. The monoisotopic (exact) mass is 269 g/mol. The van der Waals surface area contributed by atoms with Gasteiger partial charge in [0.15, 0.2) is 0 Å². The van der Waals surface area contributed by atoms with Crippen LogP contribution in [0.1, 0.15) is 49.7 Å². The molecule has 106 valence electrons. The number of carbonyl (C=O) groups is 1. The highest BCUT2D eigenvalue weighted by molar-refractivity contribution is 5.73. The lowest BCUT2D eigenvalue weighted by atomic mass is 9.48. The van der Waals surface area contributed by atoms with Crippen molar-refractivity contribution in [3.05, 3.63) is 29.3 Å². The smallest absolute Gasteiger partial charge is 0.211 e. The zero-order valence-electron chi connectivity index (χ0n) is 12.2. The number of aryl methyl sites for hydroxylation is 1. The highest BCUT2D eigenvalue weighted by atomic mass is 16.1. The molecule has 1 N–H and O–H groups in total.